The predicted octanol–water partition coefficient (Wildman–Crippen LogP) is 2.51. The zero-order chi connectivity index (χ0) is 12.7. The number of hydrogen-bond donors (Lipinski definition) is 1. The number of carbonyl (C=O) groups is 1. The standard InChI is InChI=1S/C15H26N2O/c1-3-5-12-15(18)17(14(4-2)16-12)13-9-10-6-7-11(13)8-10/h10-14,16H,3-9H2,1-2H3. The fourth-order valence-electron chi connectivity index (χ4n) is 4.47. The quantitative estimate of drug-likeness (QED) is 0.831. The smallest absolute Gasteiger partial charge is 0.241 e. The van der Waals surface area contributed by atoms with Crippen LogP contribution in [0.3, 0.4) is 0 Å². The zero-order valence-corrected chi connectivity index (χ0v) is 11.7. The van der Waals surface area contributed by atoms with Crippen LogP contribution in [0.4, 0.5) is 0 Å². The topological polar surface area (TPSA) is 32.3 Å². The molecule has 3 heteroatoms. The van der Waals surface area contributed by atoms with Crippen LogP contribution in [0.1, 0.15) is 58.8 Å². The van der Waals surface area contributed by atoms with Gasteiger partial charge in [0.1, 0.15) is 0 Å². The van der Waals surface area contributed by atoms with Crippen LogP contribution in [0.2, 0.25) is 0 Å². The average molecular weight is 250 g/mol. The fraction of sp³-hybridized carbons (Fsp3) is 0.933. The largest absolute Gasteiger partial charge is 0.323 e. The highest BCUT2D eigenvalue weighted by Crippen LogP contribution is 2.47. The predicted molar refractivity (Wildman–Crippen MR) is 72.0 cm³/mol. The van der Waals surface area contributed by atoms with Crippen LogP contribution in [0.25, 0.3) is 0 Å². The molecular formula is C15H26N2O. The Kier molecular flexibility index (Phi) is 3.35. The lowest BCUT2D eigenvalue weighted by Gasteiger charge is -2.35. The first-order chi connectivity index (χ1) is 8.74. The normalized spacial score (nSPS) is 43.1. The minimum Gasteiger partial charge on any atom is -0.323 e. The molecule has 5 unspecified atom stereocenters. The van der Waals surface area contributed by atoms with Crippen LogP contribution in [-0.2, 0) is 4.79 Å². The monoisotopic (exact) mass is 250 g/mol. The second-order valence-electron chi connectivity index (χ2n) is 6.42. The van der Waals surface area contributed by atoms with Crippen LogP contribution in [0.5, 0.6) is 0 Å². The Balaban J connectivity index is 1.75. The van der Waals surface area contributed by atoms with E-state index in [1.54, 1.807) is 0 Å². The highest BCUT2D eigenvalue weighted by Gasteiger charge is 2.49. The number of amides is 1. The first-order valence-corrected chi connectivity index (χ1v) is 7.82. The van der Waals surface area contributed by atoms with Crippen LogP contribution in [0, 0.1) is 11.8 Å². The van der Waals surface area contributed by atoms with Crippen molar-refractivity contribution >= 4 is 5.91 Å². The maximum atomic E-state index is 12.6. The molecule has 3 fully saturated rings. The fourth-order valence-corrected chi connectivity index (χ4v) is 4.47. The molecule has 3 rings (SSSR count). The molecule has 2 bridgehead atoms. The first-order valence-electron chi connectivity index (χ1n) is 7.82. The van der Waals surface area contributed by atoms with Gasteiger partial charge in [-0.1, -0.05) is 26.7 Å². The third-order valence-electron chi connectivity index (χ3n) is 5.30. The van der Waals surface area contributed by atoms with Gasteiger partial charge in [-0.25, -0.2) is 0 Å². The molecule has 0 aromatic carbocycles. The molecule has 3 nitrogen and oxygen atoms in total. The van der Waals surface area contributed by atoms with Crippen molar-refractivity contribution in [1.82, 2.24) is 10.2 Å². The summed E-state index contributed by atoms with van der Waals surface area (Å²) >= 11 is 0. The number of fused-ring (bicyclic) bond motifs is 2. The Hall–Kier alpha value is -0.570. The molecule has 3 aliphatic rings. The lowest BCUT2D eigenvalue weighted by atomic mass is 9.93. The van der Waals surface area contributed by atoms with E-state index in [2.05, 4.69) is 24.1 Å². The molecule has 2 saturated carbocycles. The van der Waals surface area contributed by atoms with Crippen molar-refractivity contribution in [1.29, 1.82) is 0 Å². The van der Waals surface area contributed by atoms with Gasteiger partial charge in [0.25, 0.3) is 0 Å². The van der Waals surface area contributed by atoms with Crippen molar-refractivity contribution in [3.05, 3.63) is 0 Å². The Morgan fingerprint density at radius 1 is 1.28 bits per heavy atom. The van der Waals surface area contributed by atoms with Gasteiger partial charge in [-0.3, -0.25) is 10.1 Å². The number of rotatable bonds is 4. The SMILES string of the molecule is CCCC1NC(CC)N(C2CC3CCC2C3)C1=O. The van der Waals surface area contributed by atoms with E-state index in [0.717, 1.165) is 31.1 Å². The van der Waals surface area contributed by atoms with Gasteiger partial charge in [-0.05, 0) is 43.9 Å². The van der Waals surface area contributed by atoms with Gasteiger partial charge in [0, 0.05) is 6.04 Å². The van der Waals surface area contributed by atoms with E-state index in [4.69, 9.17) is 0 Å². The minimum atomic E-state index is 0.0964. The highest BCUT2D eigenvalue weighted by molar-refractivity contribution is 5.84. The van der Waals surface area contributed by atoms with Crippen molar-refractivity contribution in [3.63, 3.8) is 0 Å². The Morgan fingerprint density at radius 2 is 2.11 bits per heavy atom. The van der Waals surface area contributed by atoms with E-state index in [0.29, 0.717) is 18.1 Å². The van der Waals surface area contributed by atoms with Gasteiger partial charge < -0.3 is 4.90 Å². The van der Waals surface area contributed by atoms with Crippen LogP contribution in [0.15, 0.2) is 0 Å². The summed E-state index contributed by atoms with van der Waals surface area (Å²) in [5.74, 6) is 2.10. The maximum Gasteiger partial charge on any atom is 0.241 e. The maximum absolute atomic E-state index is 12.6. The molecule has 102 valence electrons. The number of carbonyl (C=O) groups excluding carboxylic acids is 1. The molecule has 1 aliphatic heterocycles. The van der Waals surface area contributed by atoms with Gasteiger partial charge in [0.05, 0.1) is 12.2 Å². The molecule has 5 atom stereocenters. The number of nitrogens with zero attached hydrogens (tertiary/aromatic N) is 1. The first kappa shape index (κ1) is 12.5. The van der Waals surface area contributed by atoms with Crippen LogP contribution in [-0.4, -0.2) is 29.1 Å². The van der Waals surface area contributed by atoms with Crippen LogP contribution >= 0.6 is 0 Å². The van der Waals surface area contributed by atoms with Gasteiger partial charge in [0.2, 0.25) is 5.91 Å². The molecule has 18 heavy (non-hydrogen) atoms. The van der Waals surface area contributed by atoms with E-state index >= 15 is 0 Å². The van der Waals surface area contributed by atoms with Crippen molar-refractivity contribution in [2.24, 2.45) is 11.8 Å². The molecular weight excluding hydrogens is 224 g/mol. The number of nitrogens with one attached hydrogen (secondary N) is 1. The molecule has 0 spiro atoms. The Bertz CT molecular complexity index is 330. The lowest BCUT2D eigenvalue weighted by Crippen LogP contribution is -2.46. The van der Waals surface area contributed by atoms with Gasteiger partial charge in [0.15, 0.2) is 0 Å². The average Bonchev–Trinajstić information content (AvgIpc) is 3.04. The van der Waals surface area contributed by atoms with Gasteiger partial charge in [-0.15, -0.1) is 0 Å². The van der Waals surface area contributed by atoms with E-state index in [1.165, 1.54) is 25.7 Å². The molecule has 1 saturated heterocycles. The summed E-state index contributed by atoms with van der Waals surface area (Å²) in [6.45, 7) is 4.36. The van der Waals surface area contributed by atoms with E-state index in [1.807, 2.05) is 0 Å². The minimum absolute atomic E-state index is 0.0964. The van der Waals surface area contributed by atoms with Crippen molar-refractivity contribution in [3.8, 4) is 0 Å². The van der Waals surface area contributed by atoms with E-state index in [9.17, 15) is 4.79 Å². The van der Waals surface area contributed by atoms with E-state index in [-0.39, 0.29) is 6.04 Å². The molecule has 1 amide bonds. The third kappa shape index (κ3) is 1.87. The van der Waals surface area contributed by atoms with Gasteiger partial charge >= 0.3 is 0 Å². The second-order valence-corrected chi connectivity index (χ2v) is 6.42. The molecule has 1 N–H and O–H groups in total. The summed E-state index contributed by atoms with van der Waals surface area (Å²) in [7, 11) is 0. The molecule has 0 aromatic rings. The van der Waals surface area contributed by atoms with Crippen molar-refractivity contribution in [2.75, 3.05) is 0 Å². The van der Waals surface area contributed by atoms with E-state index < -0.39 is 0 Å². The second kappa shape index (κ2) is 4.84. The molecule has 0 aromatic heterocycles. The zero-order valence-electron chi connectivity index (χ0n) is 11.7. The van der Waals surface area contributed by atoms with Crippen LogP contribution < -0.4 is 5.32 Å². The summed E-state index contributed by atoms with van der Waals surface area (Å²) in [6.07, 6.45) is 8.84. The number of hydrogen-bond acceptors (Lipinski definition) is 2. The Labute approximate surface area is 110 Å². The summed E-state index contributed by atoms with van der Waals surface area (Å²) in [5, 5.41) is 3.55. The molecule has 2 aliphatic carbocycles. The molecule has 1 heterocycles. The highest BCUT2D eigenvalue weighted by atomic mass is 16.2. The lowest BCUT2D eigenvalue weighted by molar-refractivity contribution is -0.133. The summed E-state index contributed by atoms with van der Waals surface area (Å²) in [4.78, 5) is 14.8. The van der Waals surface area contributed by atoms with Crippen molar-refractivity contribution in [2.45, 2.75) is 77.0 Å². The Morgan fingerprint density at radius 3 is 2.67 bits per heavy atom. The van der Waals surface area contributed by atoms with Gasteiger partial charge in [-0.2, -0.15) is 0 Å². The van der Waals surface area contributed by atoms with Crippen molar-refractivity contribution < 1.29 is 4.79 Å². The summed E-state index contributed by atoms with van der Waals surface area (Å²) in [6, 6.07) is 0.648. The summed E-state index contributed by atoms with van der Waals surface area (Å²) < 4.78 is 0. The summed E-state index contributed by atoms with van der Waals surface area (Å²) in [5.41, 5.74) is 0. The molecule has 0 radical (unpaired) electrons. The third-order valence-corrected chi connectivity index (χ3v) is 5.30.